The maximum Gasteiger partial charge on any atom is 0.416 e. The second-order valence-corrected chi connectivity index (χ2v) is 4.02. The molecule has 0 radical (unpaired) electrons. The smallest absolute Gasteiger partial charge is 0.416 e. The van der Waals surface area contributed by atoms with Crippen molar-refractivity contribution in [1.82, 2.24) is 0 Å². The van der Waals surface area contributed by atoms with Crippen molar-refractivity contribution in [2.75, 3.05) is 0 Å². The second-order valence-electron chi connectivity index (χ2n) is 4.02. The lowest BCUT2D eigenvalue weighted by Crippen LogP contribution is -2.13. The molecule has 0 fully saturated rings. The van der Waals surface area contributed by atoms with Crippen molar-refractivity contribution in [3.05, 3.63) is 35.4 Å². The first kappa shape index (κ1) is 15.0. The second kappa shape index (κ2) is 5.73. The third kappa shape index (κ3) is 4.61. The zero-order valence-electron chi connectivity index (χ0n) is 9.65. The van der Waals surface area contributed by atoms with E-state index in [1.54, 1.807) is 0 Å². The summed E-state index contributed by atoms with van der Waals surface area (Å²) in [5.74, 6) is -3.51. The molecule has 1 rings (SSSR count). The molecule has 0 aliphatic rings. The van der Waals surface area contributed by atoms with Crippen molar-refractivity contribution in [3.63, 3.8) is 0 Å². The van der Waals surface area contributed by atoms with Crippen molar-refractivity contribution in [3.8, 4) is 0 Å². The Bertz CT molecular complexity index is 466. The highest BCUT2D eigenvalue weighted by atomic mass is 19.4. The number of carboxylic acid groups (broad SMARTS) is 2. The van der Waals surface area contributed by atoms with Crippen LogP contribution in [0, 0.1) is 0 Å². The Labute approximate surface area is 106 Å². The average molecular weight is 276 g/mol. The van der Waals surface area contributed by atoms with Gasteiger partial charge < -0.3 is 10.2 Å². The van der Waals surface area contributed by atoms with Crippen LogP contribution in [0.2, 0.25) is 0 Å². The Morgan fingerprint density at radius 3 is 2.05 bits per heavy atom. The van der Waals surface area contributed by atoms with E-state index in [-0.39, 0.29) is 5.56 Å². The Morgan fingerprint density at radius 2 is 1.63 bits per heavy atom. The molecule has 0 saturated heterocycles. The molecule has 104 valence electrons. The lowest BCUT2D eigenvalue weighted by molar-refractivity contribution is -0.139. The van der Waals surface area contributed by atoms with Crippen molar-refractivity contribution >= 4 is 11.9 Å². The molecular weight excluding hydrogens is 265 g/mol. The number of carboxylic acids is 2. The number of hydrogen-bond acceptors (Lipinski definition) is 2. The van der Waals surface area contributed by atoms with Gasteiger partial charge in [0.25, 0.3) is 0 Å². The van der Waals surface area contributed by atoms with Crippen molar-refractivity contribution in [2.24, 2.45) is 0 Å². The predicted octanol–water partition coefficient (Wildman–Crippen LogP) is 2.74. The maximum absolute atomic E-state index is 12.5. The normalized spacial score (nSPS) is 11.6. The van der Waals surface area contributed by atoms with Crippen LogP contribution < -0.4 is 0 Å². The van der Waals surface area contributed by atoms with Crippen LogP contribution >= 0.6 is 0 Å². The third-order valence-corrected chi connectivity index (χ3v) is 2.53. The minimum Gasteiger partial charge on any atom is -0.481 e. The van der Waals surface area contributed by atoms with Crippen LogP contribution in [0.4, 0.5) is 13.2 Å². The highest BCUT2D eigenvalue weighted by Crippen LogP contribution is 2.32. The third-order valence-electron chi connectivity index (χ3n) is 2.53. The lowest BCUT2D eigenvalue weighted by atomic mass is 9.91. The first-order chi connectivity index (χ1) is 8.70. The van der Waals surface area contributed by atoms with Gasteiger partial charge in [-0.05, 0) is 11.6 Å². The van der Waals surface area contributed by atoms with Crippen LogP contribution in [-0.2, 0) is 15.8 Å². The highest BCUT2D eigenvalue weighted by Gasteiger charge is 2.31. The molecule has 0 spiro atoms. The molecule has 2 N–H and O–H groups in total. The number of hydrogen-bond donors (Lipinski definition) is 2. The predicted molar refractivity (Wildman–Crippen MR) is 58.7 cm³/mol. The first-order valence-corrected chi connectivity index (χ1v) is 5.31. The van der Waals surface area contributed by atoms with Crippen LogP contribution in [0.25, 0.3) is 0 Å². The molecule has 1 aromatic carbocycles. The van der Waals surface area contributed by atoms with E-state index >= 15 is 0 Å². The molecule has 0 aliphatic carbocycles. The van der Waals surface area contributed by atoms with Crippen LogP contribution in [-0.4, -0.2) is 22.2 Å². The van der Waals surface area contributed by atoms with E-state index in [4.69, 9.17) is 10.2 Å². The lowest BCUT2D eigenvalue weighted by Gasteiger charge is -2.15. The number of carbonyl (C=O) groups is 2. The molecule has 0 aromatic heterocycles. The summed E-state index contributed by atoms with van der Waals surface area (Å²) in [5, 5.41) is 17.3. The number of halogens is 3. The zero-order chi connectivity index (χ0) is 14.6. The number of rotatable bonds is 5. The standard InChI is InChI=1S/C12H11F3O4/c13-12(14,15)9-3-1-2-7(4-9)8(5-10(16)17)6-11(18)19/h1-4,8H,5-6H2,(H,16,17)(H,18,19). The van der Waals surface area contributed by atoms with Gasteiger partial charge in [0.2, 0.25) is 0 Å². The van der Waals surface area contributed by atoms with Crippen LogP contribution in [0.15, 0.2) is 24.3 Å². The Hall–Kier alpha value is -2.05. The van der Waals surface area contributed by atoms with Gasteiger partial charge in [0.1, 0.15) is 0 Å². The quantitative estimate of drug-likeness (QED) is 0.867. The fraction of sp³-hybridized carbons (Fsp3) is 0.333. The largest absolute Gasteiger partial charge is 0.481 e. The van der Waals surface area contributed by atoms with E-state index in [1.165, 1.54) is 6.07 Å². The minimum atomic E-state index is -4.55. The Kier molecular flexibility index (Phi) is 4.52. The molecule has 4 nitrogen and oxygen atoms in total. The van der Waals surface area contributed by atoms with E-state index in [0.717, 1.165) is 18.2 Å². The molecule has 0 bridgehead atoms. The van der Waals surface area contributed by atoms with Crippen molar-refractivity contribution < 1.29 is 33.0 Å². The van der Waals surface area contributed by atoms with Crippen LogP contribution in [0.1, 0.15) is 29.9 Å². The fourth-order valence-corrected chi connectivity index (χ4v) is 1.70. The van der Waals surface area contributed by atoms with Gasteiger partial charge in [-0.1, -0.05) is 18.2 Å². The van der Waals surface area contributed by atoms with E-state index in [2.05, 4.69) is 0 Å². The molecule has 0 saturated carbocycles. The van der Waals surface area contributed by atoms with Crippen LogP contribution in [0.3, 0.4) is 0 Å². The summed E-state index contributed by atoms with van der Waals surface area (Å²) in [6.07, 6.45) is -5.62. The molecule has 0 atom stereocenters. The van der Waals surface area contributed by atoms with Gasteiger partial charge in [0.15, 0.2) is 0 Å². The molecular formula is C12H11F3O4. The van der Waals surface area contributed by atoms with Gasteiger partial charge >= 0.3 is 18.1 Å². The summed E-state index contributed by atoms with van der Waals surface area (Å²) in [4.78, 5) is 21.3. The van der Waals surface area contributed by atoms with E-state index < -0.39 is 42.4 Å². The number of alkyl halides is 3. The molecule has 0 amide bonds. The summed E-state index contributed by atoms with van der Waals surface area (Å²) in [5.41, 5.74) is -0.870. The summed E-state index contributed by atoms with van der Waals surface area (Å²) >= 11 is 0. The number of benzene rings is 1. The first-order valence-electron chi connectivity index (χ1n) is 5.31. The average Bonchev–Trinajstić information content (AvgIpc) is 2.26. The molecule has 1 aromatic rings. The molecule has 0 heterocycles. The zero-order valence-corrected chi connectivity index (χ0v) is 9.65. The molecule has 19 heavy (non-hydrogen) atoms. The Balaban J connectivity index is 3.08. The SMILES string of the molecule is O=C(O)CC(CC(=O)O)c1cccc(C(F)(F)F)c1. The summed E-state index contributed by atoms with van der Waals surface area (Å²) < 4.78 is 37.6. The monoisotopic (exact) mass is 276 g/mol. The van der Waals surface area contributed by atoms with Gasteiger partial charge in [-0.25, -0.2) is 0 Å². The highest BCUT2D eigenvalue weighted by molar-refractivity contribution is 5.72. The summed E-state index contributed by atoms with van der Waals surface area (Å²) in [6.45, 7) is 0. The maximum atomic E-state index is 12.5. The number of aliphatic carboxylic acids is 2. The minimum absolute atomic E-state index is 0.0552. The van der Waals surface area contributed by atoms with Crippen molar-refractivity contribution in [1.29, 1.82) is 0 Å². The molecule has 0 unspecified atom stereocenters. The van der Waals surface area contributed by atoms with Gasteiger partial charge in [-0.3, -0.25) is 9.59 Å². The van der Waals surface area contributed by atoms with E-state index in [1.807, 2.05) is 0 Å². The van der Waals surface area contributed by atoms with E-state index in [9.17, 15) is 22.8 Å². The van der Waals surface area contributed by atoms with E-state index in [0.29, 0.717) is 0 Å². The molecule has 7 heteroatoms. The summed E-state index contributed by atoms with van der Waals surface area (Å²) in [7, 11) is 0. The van der Waals surface area contributed by atoms with Crippen LogP contribution in [0.5, 0.6) is 0 Å². The van der Waals surface area contributed by atoms with Gasteiger partial charge in [-0.15, -0.1) is 0 Å². The van der Waals surface area contributed by atoms with Gasteiger partial charge in [0.05, 0.1) is 18.4 Å². The Morgan fingerprint density at radius 1 is 1.11 bits per heavy atom. The summed E-state index contributed by atoms with van der Waals surface area (Å²) in [6, 6.07) is 4.07. The fourth-order valence-electron chi connectivity index (χ4n) is 1.70. The van der Waals surface area contributed by atoms with Crippen molar-refractivity contribution in [2.45, 2.75) is 24.9 Å². The molecule has 0 aliphatic heterocycles. The topological polar surface area (TPSA) is 74.6 Å². The van der Waals surface area contributed by atoms with Gasteiger partial charge in [-0.2, -0.15) is 13.2 Å². The van der Waals surface area contributed by atoms with Gasteiger partial charge in [0, 0.05) is 5.92 Å².